The number of aromatic nitrogens is 2. The van der Waals surface area contributed by atoms with E-state index in [1.807, 2.05) is 23.9 Å². The summed E-state index contributed by atoms with van der Waals surface area (Å²) in [7, 11) is -3.34. The predicted octanol–water partition coefficient (Wildman–Crippen LogP) is 2.07. The minimum atomic E-state index is -3.34. The molecule has 2 heterocycles. The van der Waals surface area contributed by atoms with E-state index in [-0.39, 0.29) is 16.8 Å². The Kier molecular flexibility index (Phi) is 4.45. The van der Waals surface area contributed by atoms with Gasteiger partial charge >= 0.3 is 0 Å². The van der Waals surface area contributed by atoms with Crippen molar-refractivity contribution in [2.24, 2.45) is 0 Å². The van der Waals surface area contributed by atoms with Crippen molar-refractivity contribution in [1.29, 1.82) is 0 Å². The van der Waals surface area contributed by atoms with Crippen LogP contribution in [0.4, 0.5) is 0 Å². The lowest BCUT2D eigenvalue weighted by Gasteiger charge is -2.33. The van der Waals surface area contributed by atoms with Crippen LogP contribution in [-0.4, -0.2) is 48.4 Å². The van der Waals surface area contributed by atoms with E-state index in [2.05, 4.69) is 5.10 Å². The Labute approximate surface area is 142 Å². The number of carbonyl (C=O) groups excluding carboxylic acids is 1. The number of hydrogen-bond acceptors (Lipinski definition) is 4. The van der Waals surface area contributed by atoms with Gasteiger partial charge in [0, 0.05) is 37.3 Å². The Balaban J connectivity index is 1.86. The molecule has 1 atom stereocenters. The number of sulfone groups is 1. The number of aryl methyl sites for hydroxylation is 1. The first kappa shape index (κ1) is 16.7. The number of amides is 1. The summed E-state index contributed by atoms with van der Waals surface area (Å²) in [5.74, 6) is -0.116. The van der Waals surface area contributed by atoms with E-state index in [1.165, 1.54) is 6.07 Å². The first-order valence-electron chi connectivity index (χ1n) is 7.95. The molecule has 1 aromatic carbocycles. The molecule has 1 aliphatic rings. The van der Waals surface area contributed by atoms with Crippen molar-refractivity contribution in [3.05, 3.63) is 47.8 Å². The van der Waals surface area contributed by atoms with Crippen LogP contribution < -0.4 is 0 Å². The fourth-order valence-electron chi connectivity index (χ4n) is 3.08. The lowest BCUT2D eigenvalue weighted by Crippen LogP contribution is -2.41. The topological polar surface area (TPSA) is 72.3 Å². The molecule has 0 radical (unpaired) electrons. The number of rotatable bonds is 3. The zero-order chi connectivity index (χ0) is 17.3. The second-order valence-corrected chi connectivity index (χ2v) is 8.30. The van der Waals surface area contributed by atoms with Gasteiger partial charge in [0.1, 0.15) is 0 Å². The first-order chi connectivity index (χ1) is 11.4. The smallest absolute Gasteiger partial charge is 0.254 e. The Morgan fingerprint density at radius 2 is 2.12 bits per heavy atom. The SMILES string of the molecule is Cc1ccc(S(C)(=O)=O)cc1C(=O)N1CCC[C@H](n2cccn2)C1. The van der Waals surface area contributed by atoms with Gasteiger partial charge < -0.3 is 4.90 Å². The van der Waals surface area contributed by atoms with Gasteiger partial charge in [-0.3, -0.25) is 9.48 Å². The van der Waals surface area contributed by atoms with Crippen LogP contribution in [-0.2, 0) is 9.84 Å². The molecule has 6 nitrogen and oxygen atoms in total. The van der Waals surface area contributed by atoms with E-state index < -0.39 is 9.84 Å². The maximum Gasteiger partial charge on any atom is 0.254 e. The molecule has 1 fully saturated rings. The first-order valence-corrected chi connectivity index (χ1v) is 9.84. The van der Waals surface area contributed by atoms with Gasteiger partial charge in [-0.1, -0.05) is 6.07 Å². The Morgan fingerprint density at radius 3 is 2.79 bits per heavy atom. The molecule has 0 unspecified atom stereocenters. The van der Waals surface area contributed by atoms with Crippen molar-refractivity contribution in [2.45, 2.75) is 30.7 Å². The van der Waals surface area contributed by atoms with Gasteiger partial charge in [-0.2, -0.15) is 5.10 Å². The molecule has 7 heteroatoms. The van der Waals surface area contributed by atoms with Crippen LogP contribution in [0.25, 0.3) is 0 Å². The summed E-state index contributed by atoms with van der Waals surface area (Å²) in [4.78, 5) is 14.9. The number of carbonyl (C=O) groups is 1. The highest BCUT2D eigenvalue weighted by Gasteiger charge is 2.27. The summed E-state index contributed by atoms with van der Waals surface area (Å²) >= 11 is 0. The molecule has 0 N–H and O–H groups in total. The van der Waals surface area contributed by atoms with Gasteiger partial charge in [-0.25, -0.2) is 8.42 Å². The highest BCUT2D eigenvalue weighted by Crippen LogP contribution is 2.24. The summed E-state index contributed by atoms with van der Waals surface area (Å²) in [5.41, 5.74) is 1.24. The van der Waals surface area contributed by atoms with Crippen LogP contribution in [0.5, 0.6) is 0 Å². The van der Waals surface area contributed by atoms with Crippen LogP contribution in [0, 0.1) is 6.92 Å². The van der Waals surface area contributed by atoms with Gasteiger partial charge in [0.25, 0.3) is 5.91 Å². The minimum absolute atomic E-state index is 0.116. The minimum Gasteiger partial charge on any atom is -0.336 e. The molecule has 0 spiro atoms. The molecule has 128 valence electrons. The van der Waals surface area contributed by atoms with Crippen molar-refractivity contribution < 1.29 is 13.2 Å². The molecule has 3 rings (SSSR count). The molecule has 2 aromatic rings. The molecular weight excluding hydrogens is 326 g/mol. The maximum atomic E-state index is 12.9. The molecule has 0 bridgehead atoms. The summed E-state index contributed by atoms with van der Waals surface area (Å²) in [6.45, 7) is 3.09. The molecule has 1 aromatic heterocycles. The monoisotopic (exact) mass is 347 g/mol. The normalized spacial score (nSPS) is 18.6. The number of benzene rings is 1. The number of nitrogens with zero attached hydrogens (tertiary/aromatic N) is 3. The van der Waals surface area contributed by atoms with Gasteiger partial charge in [-0.15, -0.1) is 0 Å². The second-order valence-electron chi connectivity index (χ2n) is 6.28. The number of piperidine rings is 1. The lowest BCUT2D eigenvalue weighted by molar-refractivity contribution is 0.0672. The van der Waals surface area contributed by atoms with E-state index in [0.29, 0.717) is 18.7 Å². The quantitative estimate of drug-likeness (QED) is 0.852. The van der Waals surface area contributed by atoms with Crippen LogP contribution >= 0.6 is 0 Å². The van der Waals surface area contributed by atoms with E-state index in [0.717, 1.165) is 24.7 Å². The average molecular weight is 347 g/mol. The zero-order valence-electron chi connectivity index (χ0n) is 13.8. The lowest BCUT2D eigenvalue weighted by atomic mass is 10.0. The van der Waals surface area contributed by atoms with Crippen LogP contribution in [0.3, 0.4) is 0 Å². The van der Waals surface area contributed by atoms with E-state index in [1.54, 1.807) is 23.2 Å². The van der Waals surface area contributed by atoms with Crippen molar-refractivity contribution in [2.75, 3.05) is 19.3 Å². The third-order valence-corrected chi connectivity index (χ3v) is 5.56. The molecule has 0 saturated carbocycles. The van der Waals surface area contributed by atoms with Crippen molar-refractivity contribution in [1.82, 2.24) is 14.7 Å². The molecule has 24 heavy (non-hydrogen) atoms. The Hall–Kier alpha value is -2.15. The third kappa shape index (κ3) is 3.36. The fourth-order valence-corrected chi connectivity index (χ4v) is 3.73. The van der Waals surface area contributed by atoms with Crippen molar-refractivity contribution in [3.63, 3.8) is 0 Å². The third-order valence-electron chi connectivity index (χ3n) is 4.45. The predicted molar refractivity (Wildman–Crippen MR) is 90.7 cm³/mol. The second kappa shape index (κ2) is 6.39. The Morgan fingerprint density at radius 1 is 1.33 bits per heavy atom. The summed E-state index contributed by atoms with van der Waals surface area (Å²) in [6.07, 6.45) is 6.68. The largest absolute Gasteiger partial charge is 0.336 e. The van der Waals surface area contributed by atoms with Gasteiger partial charge in [0.2, 0.25) is 0 Å². The molecule has 0 aliphatic carbocycles. The zero-order valence-corrected chi connectivity index (χ0v) is 14.7. The number of hydrogen-bond donors (Lipinski definition) is 0. The molecular formula is C17H21N3O3S. The van der Waals surface area contributed by atoms with Gasteiger partial charge in [-0.05, 0) is 43.5 Å². The van der Waals surface area contributed by atoms with E-state index in [4.69, 9.17) is 0 Å². The van der Waals surface area contributed by atoms with Crippen LogP contribution in [0.1, 0.15) is 34.8 Å². The van der Waals surface area contributed by atoms with Gasteiger partial charge in [0.05, 0.1) is 10.9 Å². The van der Waals surface area contributed by atoms with Crippen LogP contribution in [0.2, 0.25) is 0 Å². The number of likely N-dealkylation sites (tertiary alicyclic amines) is 1. The van der Waals surface area contributed by atoms with Gasteiger partial charge in [0.15, 0.2) is 9.84 Å². The van der Waals surface area contributed by atoms with Crippen molar-refractivity contribution in [3.8, 4) is 0 Å². The summed E-state index contributed by atoms with van der Waals surface area (Å²) < 4.78 is 25.4. The van der Waals surface area contributed by atoms with Crippen LogP contribution in [0.15, 0.2) is 41.6 Å². The highest BCUT2D eigenvalue weighted by molar-refractivity contribution is 7.90. The van der Waals surface area contributed by atoms with Crippen molar-refractivity contribution >= 4 is 15.7 Å². The standard InChI is InChI=1S/C17H21N3O3S/c1-13-6-7-15(24(2,22)23)11-16(13)17(21)19-9-3-5-14(12-19)20-10-4-8-18-20/h4,6-8,10-11,14H,3,5,9,12H2,1-2H3/t14-/m0/s1. The average Bonchev–Trinajstić information content (AvgIpc) is 3.08. The van der Waals surface area contributed by atoms with E-state index >= 15 is 0 Å². The highest BCUT2D eigenvalue weighted by atomic mass is 32.2. The fraction of sp³-hybridized carbons (Fsp3) is 0.412. The maximum absolute atomic E-state index is 12.9. The van der Waals surface area contributed by atoms with E-state index in [9.17, 15) is 13.2 Å². The molecule has 1 amide bonds. The molecule has 1 saturated heterocycles. The summed E-state index contributed by atoms with van der Waals surface area (Å²) in [6, 6.07) is 6.77. The molecule has 1 aliphatic heterocycles. The Bertz CT molecular complexity index is 844. The summed E-state index contributed by atoms with van der Waals surface area (Å²) in [5, 5.41) is 4.27.